The number of hydrazone groups is 1. The highest BCUT2D eigenvalue weighted by molar-refractivity contribution is 5.80. The van der Waals surface area contributed by atoms with Crippen molar-refractivity contribution >= 4 is 12.2 Å². The minimum atomic E-state index is -0.259. The molecule has 21 heavy (non-hydrogen) atoms. The van der Waals surface area contributed by atoms with Gasteiger partial charge in [-0.2, -0.15) is 5.10 Å². The van der Waals surface area contributed by atoms with Crippen molar-refractivity contribution in [3.63, 3.8) is 0 Å². The molecular formula is C15H18N4O2. The van der Waals surface area contributed by atoms with Gasteiger partial charge in [0.15, 0.2) is 0 Å². The van der Waals surface area contributed by atoms with E-state index in [0.29, 0.717) is 17.7 Å². The number of aryl methyl sites for hydroxylation is 2. The molecule has 1 aromatic carbocycles. The molecule has 0 bridgehead atoms. The fourth-order valence-electron chi connectivity index (χ4n) is 1.99. The monoisotopic (exact) mass is 286 g/mol. The topological polar surface area (TPSA) is 90.4 Å². The van der Waals surface area contributed by atoms with Crippen LogP contribution in [-0.2, 0) is 6.42 Å². The third-order valence-corrected chi connectivity index (χ3v) is 3.01. The van der Waals surface area contributed by atoms with E-state index in [1.54, 1.807) is 13.1 Å². The van der Waals surface area contributed by atoms with Crippen LogP contribution in [0, 0.1) is 13.8 Å². The third-order valence-electron chi connectivity index (χ3n) is 3.01. The minimum Gasteiger partial charge on any atom is -0.396 e. The van der Waals surface area contributed by atoms with E-state index in [9.17, 15) is 4.79 Å². The standard InChI is InChI=1S/C15H18N4O2/c1-10-4-3-5-12(8-10)9-16-19-15-17-11(2)13(6-7-20)14(21)18-15/h3-5,8-9,20H,6-7H2,1-2H3,(H2,17,18,19,21)/b16-9-. The van der Waals surface area contributed by atoms with Crippen molar-refractivity contribution in [1.82, 2.24) is 9.97 Å². The van der Waals surface area contributed by atoms with Gasteiger partial charge in [-0.05, 0) is 19.4 Å². The Bertz CT molecular complexity index is 707. The van der Waals surface area contributed by atoms with E-state index >= 15 is 0 Å². The molecule has 3 N–H and O–H groups in total. The maximum absolute atomic E-state index is 11.8. The molecule has 2 rings (SSSR count). The van der Waals surface area contributed by atoms with Crippen LogP contribution >= 0.6 is 0 Å². The van der Waals surface area contributed by atoms with Gasteiger partial charge in [-0.3, -0.25) is 9.78 Å². The molecule has 0 atom stereocenters. The van der Waals surface area contributed by atoms with Crippen LogP contribution in [0.1, 0.15) is 22.4 Å². The van der Waals surface area contributed by atoms with Crippen molar-refractivity contribution in [1.29, 1.82) is 0 Å². The van der Waals surface area contributed by atoms with Crippen LogP contribution < -0.4 is 11.0 Å². The lowest BCUT2D eigenvalue weighted by Gasteiger charge is -2.05. The van der Waals surface area contributed by atoms with E-state index in [1.807, 2.05) is 31.2 Å². The van der Waals surface area contributed by atoms with Crippen molar-refractivity contribution < 1.29 is 5.11 Å². The van der Waals surface area contributed by atoms with Crippen LogP contribution in [0.25, 0.3) is 0 Å². The molecule has 0 aliphatic rings. The second-order valence-electron chi connectivity index (χ2n) is 4.74. The van der Waals surface area contributed by atoms with E-state index < -0.39 is 0 Å². The molecule has 2 aromatic rings. The molecule has 0 saturated carbocycles. The lowest BCUT2D eigenvalue weighted by atomic mass is 10.2. The number of aliphatic hydroxyl groups is 1. The predicted molar refractivity (Wildman–Crippen MR) is 82.8 cm³/mol. The number of hydrogen-bond donors (Lipinski definition) is 3. The first kappa shape index (κ1) is 14.9. The number of rotatable bonds is 5. The molecule has 0 aliphatic heterocycles. The molecule has 6 heteroatoms. The first-order valence-electron chi connectivity index (χ1n) is 6.66. The van der Waals surface area contributed by atoms with Crippen molar-refractivity contribution in [3.05, 3.63) is 57.0 Å². The maximum Gasteiger partial charge on any atom is 0.255 e. The summed E-state index contributed by atoms with van der Waals surface area (Å²) in [5.74, 6) is 0.281. The Morgan fingerprint density at radius 2 is 2.24 bits per heavy atom. The summed E-state index contributed by atoms with van der Waals surface area (Å²) in [7, 11) is 0. The van der Waals surface area contributed by atoms with E-state index in [0.717, 1.165) is 11.1 Å². The van der Waals surface area contributed by atoms with Gasteiger partial charge in [0, 0.05) is 18.6 Å². The Labute approximate surface area is 122 Å². The number of aromatic amines is 1. The SMILES string of the molecule is Cc1cccc(/C=N\Nc2nc(C)c(CCO)c(=O)[nH]2)c1. The Kier molecular flexibility index (Phi) is 4.84. The molecule has 0 radical (unpaired) electrons. The van der Waals surface area contributed by atoms with Gasteiger partial charge in [-0.15, -0.1) is 0 Å². The van der Waals surface area contributed by atoms with Crippen LogP contribution in [0.2, 0.25) is 0 Å². The normalized spacial score (nSPS) is 11.0. The van der Waals surface area contributed by atoms with Crippen molar-refractivity contribution in [2.45, 2.75) is 20.3 Å². The Balaban J connectivity index is 2.12. The van der Waals surface area contributed by atoms with Crippen LogP contribution in [0.3, 0.4) is 0 Å². The number of anilines is 1. The minimum absolute atomic E-state index is 0.0795. The number of H-pyrrole nitrogens is 1. The molecule has 0 aliphatic carbocycles. The smallest absolute Gasteiger partial charge is 0.255 e. The lowest BCUT2D eigenvalue weighted by Crippen LogP contribution is -2.19. The van der Waals surface area contributed by atoms with Gasteiger partial charge < -0.3 is 5.11 Å². The second kappa shape index (κ2) is 6.81. The van der Waals surface area contributed by atoms with Crippen molar-refractivity contribution in [2.75, 3.05) is 12.0 Å². The van der Waals surface area contributed by atoms with Crippen LogP contribution in [0.5, 0.6) is 0 Å². The molecule has 110 valence electrons. The highest BCUT2D eigenvalue weighted by atomic mass is 16.3. The number of nitrogens with zero attached hydrogens (tertiary/aromatic N) is 2. The van der Waals surface area contributed by atoms with Crippen LogP contribution in [-0.4, -0.2) is 27.9 Å². The number of hydrogen-bond acceptors (Lipinski definition) is 5. The molecule has 0 amide bonds. The average molecular weight is 286 g/mol. The van der Waals surface area contributed by atoms with Crippen molar-refractivity contribution in [2.24, 2.45) is 5.10 Å². The molecule has 1 heterocycles. The summed E-state index contributed by atoms with van der Waals surface area (Å²) in [5.41, 5.74) is 5.62. The number of aliphatic hydroxyl groups excluding tert-OH is 1. The molecule has 0 fully saturated rings. The van der Waals surface area contributed by atoms with Gasteiger partial charge in [0.1, 0.15) is 0 Å². The molecule has 0 unspecified atom stereocenters. The summed E-state index contributed by atoms with van der Waals surface area (Å²) in [4.78, 5) is 18.6. The first-order valence-corrected chi connectivity index (χ1v) is 6.66. The van der Waals surface area contributed by atoms with Gasteiger partial charge in [0.2, 0.25) is 5.95 Å². The third kappa shape index (κ3) is 4.00. The second-order valence-corrected chi connectivity index (χ2v) is 4.74. The summed E-state index contributed by atoms with van der Waals surface area (Å²) in [6.45, 7) is 3.66. The molecule has 6 nitrogen and oxygen atoms in total. The fourth-order valence-corrected chi connectivity index (χ4v) is 1.99. The largest absolute Gasteiger partial charge is 0.396 e. The molecule has 1 aromatic heterocycles. The number of benzene rings is 1. The van der Waals surface area contributed by atoms with E-state index in [2.05, 4.69) is 20.5 Å². The summed E-state index contributed by atoms with van der Waals surface area (Å²) in [6, 6.07) is 7.89. The van der Waals surface area contributed by atoms with Crippen molar-refractivity contribution in [3.8, 4) is 0 Å². The summed E-state index contributed by atoms with van der Waals surface area (Å²) in [5, 5.41) is 13.0. The highest BCUT2D eigenvalue weighted by Gasteiger charge is 2.06. The van der Waals surface area contributed by atoms with E-state index in [1.165, 1.54) is 0 Å². The van der Waals surface area contributed by atoms with Gasteiger partial charge in [0.05, 0.1) is 11.9 Å². The average Bonchev–Trinajstić information content (AvgIpc) is 2.43. The zero-order valence-electron chi connectivity index (χ0n) is 12.1. The number of aromatic nitrogens is 2. The summed E-state index contributed by atoms with van der Waals surface area (Å²) >= 11 is 0. The Morgan fingerprint density at radius 3 is 2.90 bits per heavy atom. The van der Waals surface area contributed by atoms with Gasteiger partial charge in [0.25, 0.3) is 5.56 Å². The van der Waals surface area contributed by atoms with E-state index in [-0.39, 0.29) is 18.1 Å². The Hall–Kier alpha value is -2.47. The van der Waals surface area contributed by atoms with Gasteiger partial charge in [-0.25, -0.2) is 10.4 Å². The van der Waals surface area contributed by atoms with Gasteiger partial charge >= 0.3 is 0 Å². The summed E-state index contributed by atoms with van der Waals surface area (Å²) < 4.78 is 0. The fraction of sp³-hybridized carbons (Fsp3) is 0.267. The zero-order valence-corrected chi connectivity index (χ0v) is 12.1. The highest BCUT2D eigenvalue weighted by Crippen LogP contribution is 2.04. The molecule has 0 spiro atoms. The number of nitrogens with one attached hydrogen (secondary N) is 2. The summed E-state index contributed by atoms with van der Waals surface area (Å²) in [6.07, 6.45) is 1.95. The lowest BCUT2D eigenvalue weighted by molar-refractivity contribution is 0.298. The quantitative estimate of drug-likeness (QED) is 0.572. The predicted octanol–water partition coefficient (Wildman–Crippen LogP) is 1.37. The van der Waals surface area contributed by atoms with Gasteiger partial charge in [-0.1, -0.05) is 29.8 Å². The first-order chi connectivity index (χ1) is 10.1. The van der Waals surface area contributed by atoms with Crippen LogP contribution in [0.15, 0.2) is 34.2 Å². The molecular weight excluding hydrogens is 268 g/mol. The zero-order chi connectivity index (χ0) is 15.2. The maximum atomic E-state index is 11.8. The molecule has 0 saturated heterocycles. The van der Waals surface area contributed by atoms with E-state index in [4.69, 9.17) is 5.11 Å². The van der Waals surface area contributed by atoms with Crippen LogP contribution in [0.4, 0.5) is 5.95 Å². The Morgan fingerprint density at radius 1 is 1.43 bits per heavy atom.